The first-order valence-electron chi connectivity index (χ1n) is 8.62. The third-order valence-electron chi connectivity index (χ3n) is 3.88. The van der Waals surface area contributed by atoms with E-state index in [1.54, 1.807) is 35.3 Å². The van der Waals surface area contributed by atoms with E-state index in [1.807, 2.05) is 0 Å². The van der Waals surface area contributed by atoms with E-state index < -0.39 is 12.5 Å². The lowest BCUT2D eigenvalue weighted by molar-refractivity contribution is -0.0518. The van der Waals surface area contributed by atoms with Gasteiger partial charge < -0.3 is 14.2 Å². The zero-order valence-corrected chi connectivity index (χ0v) is 16.9. The number of aromatic nitrogens is 3. The first kappa shape index (κ1) is 21.4. The summed E-state index contributed by atoms with van der Waals surface area (Å²) < 4.78 is 44.5. The van der Waals surface area contributed by atoms with E-state index in [0.29, 0.717) is 6.54 Å². The van der Waals surface area contributed by atoms with E-state index in [0.717, 1.165) is 17.5 Å². The number of halogens is 2. The number of amides is 1. The van der Waals surface area contributed by atoms with Gasteiger partial charge >= 0.3 is 6.61 Å². The van der Waals surface area contributed by atoms with Crippen LogP contribution >= 0.6 is 11.9 Å². The van der Waals surface area contributed by atoms with Crippen LogP contribution in [-0.2, 0) is 6.54 Å². The summed E-state index contributed by atoms with van der Waals surface area (Å²) in [7, 11) is 2.84. The van der Waals surface area contributed by atoms with Gasteiger partial charge in [-0.15, -0.1) is 0 Å². The number of carbonyl (C=O) groups excluding carboxylic acids is 1. The van der Waals surface area contributed by atoms with Crippen molar-refractivity contribution in [3.8, 4) is 17.4 Å². The zero-order valence-electron chi connectivity index (χ0n) is 16.0. The molecule has 0 fully saturated rings. The molecule has 0 aliphatic rings. The Hall–Kier alpha value is -3.34. The van der Waals surface area contributed by atoms with Crippen molar-refractivity contribution in [3.63, 3.8) is 0 Å². The van der Waals surface area contributed by atoms with Crippen molar-refractivity contribution in [1.82, 2.24) is 19.5 Å². The molecule has 0 bridgehead atoms. The fourth-order valence-corrected chi connectivity index (χ4v) is 3.32. The molecule has 3 rings (SSSR count). The number of carbonyl (C=O) groups is 1. The molecule has 1 N–H and O–H groups in total. The molecule has 0 aliphatic carbocycles. The summed E-state index contributed by atoms with van der Waals surface area (Å²) in [5.74, 6) is -0.103. The number of pyridine rings is 1. The molecule has 0 radical (unpaired) electrons. The van der Waals surface area contributed by atoms with Gasteiger partial charge in [0.2, 0.25) is 5.88 Å². The summed E-state index contributed by atoms with van der Waals surface area (Å²) in [5, 5.41) is 4.13. The molecule has 8 nitrogen and oxygen atoms in total. The average molecular weight is 436 g/mol. The Kier molecular flexibility index (Phi) is 7.07. The summed E-state index contributed by atoms with van der Waals surface area (Å²) in [6.07, 6.45) is 3.45. The Balaban J connectivity index is 1.75. The van der Waals surface area contributed by atoms with E-state index in [-0.39, 0.29) is 28.0 Å². The number of nitrogens with zero attached hydrogens (tertiary/aromatic N) is 3. The molecule has 0 atom stereocenters. The number of methoxy groups -OCH3 is 2. The largest absolute Gasteiger partial charge is 0.495 e. The first-order valence-corrected chi connectivity index (χ1v) is 9.43. The van der Waals surface area contributed by atoms with Gasteiger partial charge in [0.1, 0.15) is 22.1 Å². The van der Waals surface area contributed by atoms with Crippen LogP contribution in [0.4, 0.5) is 8.78 Å². The number of rotatable bonds is 9. The number of hydrogen-bond donors (Lipinski definition) is 1. The third-order valence-corrected chi connectivity index (χ3v) is 4.78. The SMILES string of the molecule is COc1cccc(OC(F)F)c1SNC(=O)c1ccc(Cn2cccn2)c(OC)n1. The van der Waals surface area contributed by atoms with E-state index in [4.69, 9.17) is 9.47 Å². The van der Waals surface area contributed by atoms with Crippen LogP contribution in [0.1, 0.15) is 16.1 Å². The lowest BCUT2D eigenvalue weighted by atomic mass is 10.2. The molecule has 1 amide bonds. The summed E-state index contributed by atoms with van der Waals surface area (Å²) in [5.41, 5.74) is 0.831. The summed E-state index contributed by atoms with van der Waals surface area (Å²) in [4.78, 5) is 17.0. The predicted molar refractivity (Wildman–Crippen MR) is 105 cm³/mol. The van der Waals surface area contributed by atoms with Gasteiger partial charge in [0.15, 0.2) is 0 Å². The monoisotopic (exact) mass is 436 g/mol. The second-order valence-electron chi connectivity index (χ2n) is 5.77. The molecule has 0 saturated heterocycles. The third kappa shape index (κ3) is 5.17. The normalized spacial score (nSPS) is 10.7. The number of ether oxygens (including phenoxy) is 3. The molecule has 3 aromatic rings. The van der Waals surface area contributed by atoms with Crippen molar-refractivity contribution in [2.45, 2.75) is 18.1 Å². The van der Waals surface area contributed by atoms with Crippen molar-refractivity contribution in [2.75, 3.05) is 14.2 Å². The maximum absolute atomic E-state index is 12.7. The highest BCUT2D eigenvalue weighted by molar-refractivity contribution is 7.98. The van der Waals surface area contributed by atoms with Crippen LogP contribution in [0.2, 0.25) is 0 Å². The standard InChI is InChI=1S/C19H18F2N4O4S/c1-27-14-5-3-6-15(29-19(20)21)16(14)30-24-17(26)13-8-7-12(18(23-13)28-2)11-25-10-4-9-22-25/h3-10,19H,11H2,1-2H3,(H,24,26). The van der Waals surface area contributed by atoms with Gasteiger partial charge in [-0.25, -0.2) is 4.98 Å². The summed E-state index contributed by atoms with van der Waals surface area (Å²) in [6, 6.07) is 9.47. The summed E-state index contributed by atoms with van der Waals surface area (Å²) in [6.45, 7) is -2.59. The van der Waals surface area contributed by atoms with Crippen LogP contribution in [-0.4, -0.2) is 41.5 Å². The average Bonchev–Trinajstić information content (AvgIpc) is 3.25. The Morgan fingerprint density at radius 1 is 1.17 bits per heavy atom. The van der Waals surface area contributed by atoms with Crippen LogP contribution in [0.25, 0.3) is 0 Å². The van der Waals surface area contributed by atoms with Crippen LogP contribution in [0.15, 0.2) is 53.7 Å². The van der Waals surface area contributed by atoms with E-state index in [1.165, 1.54) is 32.4 Å². The lowest BCUT2D eigenvalue weighted by Gasteiger charge is -2.14. The molecule has 11 heteroatoms. The maximum atomic E-state index is 12.7. The minimum absolute atomic E-state index is 0.0924. The molecule has 30 heavy (non-hydrogen) atoms. The first-order chi connectivity index (χ1) is 14.5. The van der Waals surface area contributed by atoms with Crippen molar-refractivity contribution >= 4 is 17.9 Å². The minimum Gasteiger partial charge on any atom is -0.495 e. The van der Waals surface area contributed by atoms with E-state index in [9.17, 15) is 13.6 Å². The number of hydrogen-bond acceptors (Lipinski definition) is 7. The predicted octanol–water partition coefficient (Wildman–Crippen LogP) is 3.38. The Bertz CT molecular complexity index is 1000. The molecule has 2 heterocycles. The Morgan fingerprint density at radius 3 is 2.63 bits per heavy atom. The molecular weight excluding hydrogens is 418 g/mol. The van der Waals surface area contributed by atoms with Crippen LogP contribution in [0.5, 0.6) is 17.4 Å². The fraction of sp³-hybridized carbons (Fsp3) is 0.211. The lowest BCUT2D eigenvalue weighted by Crippen LogP contribution is -2.18. The molecule has 1 aromatic carbocycles. The summed E-state index contributed by atoms with van der Waals surface area (Å²) >= 11 is 0.787. The number of benzene rings is 1. The van der Waals surface area contributed by atoms with Gasteiger partial charge in [-0.05, 0) is 42.3 Å². The number of nitrogens with one attached hydrogen (secondary N) is 1. The molecule has 0 spiro atoms. The highest BCUT2D eigenvalue weighted by Gasteiger charge is 2.18. The molecular formula is C19H18F2N4O4S. The van der Waals surface area contributed by atoms with Gasteiger partial charge in [0.25, 0.3) is 5.91 Å². The molecule has 0 aliphatic heterocycles. The Labute approximate surface area is 175 Å². The zero-order chi connectivity index (χ0) is 21.5. The van der Waals surface area contributed by atoms with Crippen molar-refractivity contribution in [2.24, 2.45) is 0 Å². The van der Waals surface area contributed by atoms with Gasteiger partial charge in [0.05, 0.1) is 20.8 Å². The smallest absolute Gasteiger partial charge is 0.387 e. The fourth-order valence-electron chi connectivity index (χ4n) is 2.56. The van der Waals surface area contributed by atoms with Crippen LogP contribution in [0.3, 0.4) is 0 Å². The van der Waals surface area contributed by atoms with Gasteiger partial charge in [0, 0.05) is 18.0 Å². The van der Waals surface area contributed by atoms with E-state index >= 15 is 0 Å². The van der Waals surface area contributed by atoms with Gasteiger partial charge in [-0.2, -0.15) is 13.9 Å². The molecule has 0 saturated carbocycles. The molecule has 0 unspecified atom stereocenters. The Morgan fingerprint density at radius 2 is 1.97 bits per heavy atom. The second kappa shape index (κ2) is 9.92. The van der Waals surface area contributed by atoms with Gasteiger partial charge in [-0.1, -0.05) is 6.07 Å². The minimum atomic E-state index is -3.01. The highest BCUT2D eigenvalue weighted by Crippen LogP contribution is 2.37. The van der Waals surface area contributed by atoms with Crippen molar-refractivity contribution < 1.29 is 27.8 Å². The molecule has 158 valence electrons. The van der Waals surface area contributed by atoms with E-state index in [2.05, 4.69) is 19.5 Å². The van der Waals surface area contributed by atoms with Crippen molar-refractivity contribution in [1.29, 1.82) is 0 Å². The van der Waals surface area contributed by atoms with Crippen molar-refractivity contribution in [3.05, 3.63) is 60.0 Å². The van der Waals surface area contributed by atoms with Gasteiger partial charge in [-0.3, -0.25) is 14.2 Å². The van der Waals surface area contributed by atoms with Crippen LogP contribution in [0, 0.1) is 0 Å². The quantitative estimate of drug-likeness (QED) is 0.515. The number of alkyl halides is 2. The maximum Gasteiger partial charge on any atom is 0.387 e. The van der Waals surface area contributed by atoms with Crippen LogP contribution < -0.4 is 18.9 Å². The molecule has 2 aromatic heterocycles. The topological polar surface area (TPSA) is 87.5 Å². The second-order valence-corrected chi connectivity index (χ2v) is 6.58. The highest BCUT2D eigenvalue weighted by atomic mass is 32.2.